The highest BCUT2D eigenvalue weighted by molar-refractivity contribution is 5.94. The van der Waals surface area contributed by atoms with E-state index in [9.17, 15) is 9.59 Å². The Morgan fingerprint density at radius 1 is 1.14 bits per heavy atom. The molecular weight excluding hydrogens is 280 g/mol. The van der Waals surface area contributed by atoms with E-state index in [1.807, 2.05) is 6.07 Å². The summed E-state index contributed by atoms with van der Waals surface area (Å²) in [7, 11) is 0. The van der Waals surface area contributed by atoms with Gasteiger partial charge in [0.05, 0.1) is 12.5 Å². The summed E-state index contributed by atoms with van der Waals surface area (Å²) in [6.07, 6.45) is 5.02. The SMILES string of the molecule is N#CCc1cccc(C(=O)NCCCCCCCC(=O)O)c1. The van der Waals surface area contributed by atoms with Gasteiger partial charge < -0.3 is 10.4 Å². The fourth-order valence-corrected chi connectivity index (χ4v) is 2.15. The summed E-state index contributed by atoms with van der Waals surface area (Å²) in [5.41, 5.74) is 1.42. The Morgan fingerprint density at radius 2 is 1.86 bits per heavy atom. The van der Waals surface area contributed by atoms with E-state index in [1.54, 1.807) is 18.2 Å². The van der Waals surface area contributed by atoms with E-state index in [1.165, 1.54) is 0 Å². The first-order chi connectivity index (χ1) is 10.6. The van der Waals surface area contributed by atoms with Crippen molar-refractivity contribution in [2.75, 3.05) is 6.54 Å². The Bertz CT molecular complexity index is 535. The molecule has 0 unspecified atom stereocenters. The number of carbonyl (C=O) groups is 2. The van der Waals surface area contributed by atoms with Gasteiger partial charge in [0, 0.05) is 18.5 Å². The third-order valence-corrected chi connectivity index (χ3v) is 3.33. The van der Waals surface area contributed by atoms with E-state index >= 15 is 0 Å². The van der Waals surface area contributed by atoms with Gasteiger partial charge in [-0.2, -0.15) is 5.26 Å². The highest BCUT2D eigenvalue weighted by Crippen LogP contribution is 2.07. The van der Waals surface area contributed by atoms with Crippen LogP contribution in [0.4, 0.5) is 0 Å². The van der Waals surface area contributed by atoms with E-state index in [2.05, 4.69) is 11.4 Å². The first kappa shape index (κ1) is 17.7. The molecule has 1 amide bonds. The van der Waals surface area contributed by atoms with Crippen molar-refractivity contribution < 1.29 is 14.7 Å². The normalized spacial score (nSPS) is 9.95. The Morgan fingerprint density at radius 3 is 2.59 bits per heavy atom. The van der Waals surface area contributed by atoms with Gasteiger partial charge in [-0.05, 0) is 30.5 Å². The van der Waals surface area contributed by atoms with Crippen LogP contribution in [-0.4, -0.2) is 23.5 Å². The standard InChI is InChI=1S/C17H22N2O3/c18-11-10-14-7-6-8-15(13-14)17(22)19-12-5-3-1-2-4-9-16(20)21/h6-8,13H,1-5,9-10,12H2,(H,19,22)(H,20,21). The number of carbonyl (C=O) groups excluding carboxylic acids is 1. The summed E-state index contributed by atoms with van der Waals surface area (Å²) < 4.78 is 0. The number of nitriles is 1. The monoisotopic (exact) mass is 302 g/mol. The van der Waals surface area contributed by atoms with Crippen molar-refractivity contribution >= 4 is 11.9 Å². The highest BCUT2D eigenvalue weighted by atomic mass is 16.4. The average Bonchev–Trinajstić information content (AvgIpc) is 2.50. The zero-order valence-corrected chi connectivity index (χ0v) is 12.7. The molecule has 0 radical (unpaired) electrons. The number of aliphatic carboxylic acids is 1. The van der Waals surface area contributed by atoms with E-state index in [4.69, 9.17) is 10.4 Å². The quantitative estimate of drug-likeness (QED) is 0.650. The molecule has 0 aliphatic rings. The number of carboxylic acids is 1. The van der Waals surface area contributed by atoms with Crippen LogP contribution in [0.25, 0.3) is 0 Å². The lowest BCUT2D eigenvalue weighted by atomic mass is 10.1. The maximum atomic E-state index is 12.0. The number of amides is 1. The minimum Gasteiger partial charge on any atom is -0.481 e. The Hall–Kier alpha value is -2.35. The van der Waals surface area contributed by atoms with Gasteiger partial charge in [0.25, 0.3) is 5.91 Å². The van der Waals surface area contributed by atoms with Gasteiger partial charge in [0.2, 0.25) is 0 Å². The second-order valence-electron chi connectivity index (χ2n) is 5.20. The molecule has 0 heterocycles. The molecule has 5 heteroatoms. The molecule has 0 saturated heterocycles. The molecule has 0 aliphatic heterocycles. The molecule has 1 rings (SSSR count). The lowest BCUT2D eigenvalue weighted by Gasteiger charge is -2.06. The third kappa shape index (κ3) is 7.44. The third-order valence-electron chi connectivity index (χ3n) is 3.33. The zero-order valence-electron chi connectivity index (χ0n) is 12.7. The summed E-state index contributed by atoms with van der Waals surface area (Å²) in [6.45, 7) is 0.611. The smallest absolute Gasteiger partial charge is 0.303 e. The van der Waals surface area contributed by atoms with Crippen molar-refractivity contribution in [2.45, 2.75) is 44.9 Å². The maximum absolute atomic E-state index is 12.0. The molecule has 5 nitrogen and oxygen atoms in total. The van der Waals surface area contributed by atoms with Gasteiger partial charge in [0.1, 0.15) is 0 Å². The second kappa shape index (κ2) is 10.4. The number of hydrogen-bond acceptors (Lipinski definition) is 3. The van der Waals surface area contributed by atoms with Crippen LogP contribution in [-0.2, 0) is 11.2 Å². The molecule has 0 fully saturated rings. The fourth-order valence-electron chi connectivity index (χ4n) is 2.15. The van der Waals surface area contributed by atoms with E-state index < -0.39 is 5.97 Å². The van der Waals surface area contributed by atoms with Gasteiger partial charge >= 0.3 is 5.97 Å². The van der Waals surface area contributed by atoms with Crippen LogP contribution in [0, 0.1) is 11.3 Å². The Labute approximate surface area is 131 Å². The zero-order chi connectivity index (χ0) is 16.2. The van der Waals surface area contributed by atoms with Gasteiger partial charge in [-0.3, -0.25) is 9.59 Å². The van der Waals surface area contributed by atoms with Crippen molar-refractivity contribution in [1.82, 2.24) is 5.32 Å². The molecule has 0 aromatic heterocycles. The van der Waals surface area contributed by atoms with Gasteiger partial charge in [-0.25, -0.2) is 0 Å². The van der Waals surface area contributed by atoms with Crippen LogP contribution in [0.5, 0.6) is 0 Å². The number of benzene rings is 1. The maximum Gasteiger partial charge on any atom is 0.303 e. The van der Waals surface area contributed by atoms with Crippen LogP contribution >= 0.6 is 0 Å². The molecule has 0 atom stereocenters. The first-order valence-electron chi connectivity index (χ1n) is 7.59. The van der Waals surface area contributed by atoms with Gasteiger partial charge in [-0.1, -0.05) is 31.4 Å². The van der Waals surface area contributed by atoms with Crippen LogP contribution in [0.3, 0.4) is 0 Å². The van der Waals surface area contributed by atoms with Gasteiger partial charge in [0.15, 0.2) is 0 Å². The molecule has 0 spiro atoms. The van der Waals surface area contributed by atoms with Crippen molar-refractivity contribution in [3.05, 3.63) is 35.4 Å². The largest absolute Gasteiger partial charge is 0.481 e. The lowest BCUT2D eigenvalue weighted by Crippen LogP contribution is -2.24. The molecule has 22 heavy (non-hydrogen) atoms. The molecule has 0 saturated carbocycles. The predicted molar refractivity (Wildman–Crippen MR) is 83.4 cm³/mol. The highest BCUT2D eigenvalue weighted by Gasteiger charge is 2.05. The second-order valence-corrected chi connectivity index (χ2v) is 5.20. The van der Waals surface area contributed by atoms with Crippen molar-refractivity contribution in [3.8, 4) is 6.07 Å². The molecule has 0 aliphatic carbocycles. The number of unbranched alkanes of at least 4 members (excludes halogenated alkanes) is 4. The molecular formula is C17H22N2O3. The first-order valence-corrected chi connectivity index (χ1v) is 7.59. The van der Waals surface area contributed by atoms with Crippen LogP contribution in [0.2, 0.25) is 0 Å². The minimum absolute atomic E-state index is 0.120. The number of hydrogen-bond donors (Lipinski definition) is 2. The van der Waals surface area contributed by atoms with Crippen LogP contribution in [0.15, 0.2) is 24.3 Å². The number of nitrogens with zero attached hydrogens (tertiary/aromatic N) is 1. The van der Waals surface area contributed by atoms with Crippen molar-refractivity contribution in [3.63, 3.8) is 0 Å². The van der Waals surface area contributed by atoms with Crippen LogP contribution < -0.4 is 5.32 Å². The molecule has 118 valence electrons. The molecule has 2 N–H and O–H groups in total. The van der Waals surface area contributed by atoms with Crippen molar-refractivity contribution in [2.24, 2.45) is 0 Å². The van der Waals surface area contributed by atoms with Crippen LogP contribution in [0.1, 0.15) is 54.4 Å². The number of carboxylic acid groups (broad SMARTS) is 1. The molecule has 1 aromatic rings. The topological polar surface area (TPSA) is 90.2 Å². The van der Waals surface area contributed by atoms with Crippen molar-refractivity contribution in [1.29, 1.82) is 5.26 Å². The summed E-state index contributed by atoms with van der Waals surface area (Å²) in [4.78, 5) is 22.3. The summed E-state index contributed by atoms with van der Waals surface area (Å²) in [5, 5.41) is 20.0. The molecule has 0 bridgehead atoms. The van der Waals surface area contributed by atoms with E-state index in [0.29, 0.717) is 24.9 Å². The summed E-state index contributed by atoms with van der Waals surface area (Å²) in [6, 6.07) is 9.16. The number of rotatable bonds is 10. The average molecular weight is 302 g/mol. The Balaban J connectivity index is 2.17. The lowest BCUT2D eigenvalue weighted by molar-refractivity contribution is -0.137. The Kier molecular flexibility index (Phi) is 8.36. The fraction of sp³-hybridized carbons (Fsp3) is 0.471. The summed E-state index contributed by atoms with van der Waals surface area (Å²) >= 11 is 0. The summed E-state index contributed by atoms with van der Waals surface area (Å²) in [5.74, 6) is -0.864. The van der Waals surface area contributed by atoms with E-state index in [0.717, 1.165) is 31.2 Å². The van der Waals surface area contributed by atoms with Gasteiger partial charge in [-0.15, -0.1) is 0 Å². The predicted octanol–water partition coefficient (Wildman–Crippen LogP) is 2.91. The van der Waals surface area contributed by atoms with E-state index in [-0.39, 0.29) is 12.3 Å². The minimum atomic E-state index is -0.745. The molecule has 1 aromatic carbocycles. The number of nitrogens with one attached hydrogen (secondary N) is 1.